The summed E-state index contributed by atoms with van der Waals surface area (Å²) < 4.78 is 10.3. The number of aliphatic hydroxyl groups excluding tert-OH is 1. The lowest BCUT2D eigenvalue weighted by Gasteiger charge is -2.35. The fourth-order valence-corrected chi connectivity index (χ4v) is 2.29. The molecule has 6 nitrogen and oxygen atoms in total. The van der Waals surface area contributed by atoms with Crippen LogP contribution in [-0.4, -0.2) is 72.9 Å². The van der Waals surface area contributed by atoms with E-state index in [-0.39, 0.29) is 5.91 Å². The summed E-state index contributed by atoms with van der Waals surface area (Å²) in [6.07, 6.45) is 1.04. The standard InChI is InChI=1S/C14H22N2O4/c1-2-19-11-12(17)10-15-5-7-16(8-6-15)14(18)13-4-3-9-20-13/h3-4,9,12,17H,2,5-8,10-11H2,1H3/t12-/m0/s1. The lowest BCUT2D eigenvalue weighted by atomic mass is 10.2. The summed E-state index contributed by atoms with van der Waals surface area (Å²) >= 11 is 0. The molecule has 0 unspecified atom stereocenters. The van der Waals surface area contributed by atoms with Crippen molar-refractivity contribution in [2.45, 2.75) is 13.0 Å². The van der Waals surface area contributed by atoms with E-state index in [0.29, 0.717) is 38.6 Å². The van der Waals surface area contributed by atoms with Gasteiger partial charge in [-0.3, -0.25) is 9.69 Å². The van der Waals surface area contributed by atoms with E-state index in [9.17, 15) is 9.90 Å². The summed E-state index contributed by atoms with van der Waals surface area (Å²) in [7, 11) is 0. The van der Waals surface area contributed by atoms with Crippen molar-refractivity contribution in [3.63, 3.8) is 0 Å². The van der Waals surface area contributed by atoms with Crippen molar-refractivity contribution < 1.29 is 19.1 Å². The van der Waals surface area contributed by atoms with Gasteiger partial charge in [0.2, 0.25) is 0 Å². The minimum absolute atomic E-state index is 0.0653. The summed E-state index contributed by atoms with van der Waals surface area (Å²) in [6.45, 7) is 6.30. The second-order valence-corrected chi connectivity index (χ2v) is 4.88. The molecule has 0 aromatic carbocycles. The molecule has 6 heteroatoms. The van der Waals surface area contributed by atoms with E-state index in [1.54, 1.807) is 17.0 Å². The minimum Gasteiger partial charge on any atom is -0.459 e. The van der Waals surface area contributed by atoms with Gasteiger partial charge in [-0.05, 0) is 19.1 Å². The van der Waals surface area contributed by atoms with E-state index < -0.39 is 6.10 Å². The Bertz CT molecular complexity index is 399. The first-order valence-electron chi connectivity index (χ1n) is 7.01. The summed E-state index contributed by atoms with van der Waals surface area (Å²) in [6, 6.07) is 3.40. The third-order valence-corrected chi connectivity index (χ3v) is 3.37. The maximum Gasteiger partial charge on any atom is 0.289 e. The van der Waals surface area contributed by atoms with Gasteiger partial charge in [-0.15, -0.1) is 0 Å². The molecule has 0 saturated carbocycles. The molecule has 112 valence electrons. The van der Waals surface area contributed by atoms with Crippen LogP contribution in [0.15, 0.2) is 22.8 Å². The maximum absolute atomic E-state index is 12.1. The Labute approximate surface area is 118 Å². The van der Waals surface area contributed by atoms with Gasteiger partial charge in [-0.1, -0.05) is 0 Å². The van der Waals surface area contributed by atoms with Gasteiger partial charge in [0.15, 0.2) is 5.76 Å². The second kappa shape index (κ2) is 7.42. The third kappa shape index (κ3) is 4.06. The molecule has 0 aliphatic carbocycles. The number of carbonyl (C=O) groups is 1. The van der Waals surface area contributed by atoms with Crippen LogP contribution in [0.4, 0.5) is 0 Å². The summed E-state index contributed by atoms with van der Waals surface area (Å²) in [5.41, 5.74) is 0. The number of hydrogen-bond donors (Lipinski definition) is 1. The number of carbonyl (C=O) groups excluding carboxylic acids is 1. The average molecular weight is 282 g/mol. The summed E-state index contributed by atoms with van der Waals surface area (Å²) in [5, 5.41) is 9.80. The van der Waals surface area contributed by atoms with Crippen LogP contribution in [0, 0.1) is 0 Å². The van der Waals surface area contributed by atoms with E-state index in [0.717, 1.165) is 13.1 Å². The van der Waals surface area contributed by atoms with Gasteiger partial charge < -0.3 is 19.2 Å². The lowest BCUT2D eigenvalue weighted by molar-refractivity contribution is 0.0107. The van der Waals surface area contributed by atoms with Gasteiger partial charge in [-0.2, -0.15) is 0 Å². The van der Waals surface area contributed by atoms with Crippen LogP contribution in [0.5, 0.6) is 0 Å². The van der Waals surface area contributed by atoms with E-state index in [4.69, 9.17) is 9.15 Å². The van der Waals surface area contributed by atoms with Gasteiger partial charge in [0, 0.05) is 39.3 Å². The number of amides is 1. The van der Waals surface area contributed by atoms with Gasteiger partial charge in [0.05, 0.1) is 19.0 Å². The number of ether oxygens (including phenoxy) is 1. The Hall–Kier alpha value is -1.37. The molecule has 1 atom stereocenters. The van der Waals surface area contributed by atoms with Crippen molar-refractivity contribution in [3.8, 4) is 0 Å². The number of piperazine rings is 1. The van der Waals surface area contributed by atoms with Gasteiger partial charge in [-0.25, -0.2) is 0 Å². The van der Waals surface area contributed by atoms with Crippen LogP contribution >= 0.6 is 0 Å². The molecule has 1 N–H and O–H groups in total. The van der Waals surface area contributed by atoms with E-state index in [1.165, 1.54) is 6.26 Å². The topological polar surface area (TPSA) is 66.2 Å². The van der Waals surface area contributed by atoms with Crippen LogP contribution < -0.4 is 0 Å². The zero-order chi connectivity index (χ0) is 14.4. The molecule has 0 spiro atoms. The van der Waals surface area contributed by atoms with Crippen LogP contribution in [-0.2, 0) is 4.74 Å². The minimum atomic E-state index is -0.470. The highest BCUT2D eigenvalue weighted by molar-refractivity contribution is 5.91. The number of nitrogens with zero attached hydrogens (tertiary/aromatic N) is 2. The Kier molecular flexibility index (Phi) is 5.58. The third-order valence-electron chi connectivity index (χ3n) is 3.37. The van der Waals surface area contributed by atoms with Gasteiger partial charge in [0.25, 0.3) is 5.91 Å². The molecule has 1 aliphatic rings. The second-order valence-electron chi connectivity index (χ2n) is 4.88. The summed E-state index contributed by atoms with van der Waals surface area (Å²) in [5.74, 6) is 0.319. The van der Waals surface area contributed by atoms with Crippen LogP contribution in [0.25, 0.3) is 0 Å². The fourth-order valence-electron chi connectivity index (χ4n) is 2.29. The molecule has 1 amide bonds. The van der Waals surface area contributed by atoms with Crippen LogP contribution in [0.3, 0.4) is 0 Å². The molecular weight excluding hydrogens is 260 g/mol. The largest absolute Gasteiger partial charge is 0.459 e. The molecule has 0 bridgehead atoms. The van der Waals surface area contributed by atoms with Crippen molar-refractivity contribution in [3.05, 3.63) is 24.2 Å². The molecule has 0 radical (unpaired) electrons. The first kappa shape index (κ1) is 15.0. The number of aliphatic hydroxyl groups is 1. The SMILES string of the molecule is CCOC[C@@H](O)CN1CCN(C(=O)c2ccco2)CC1. The molecule has 1 aliphatic heterocycles. The predicted octanol–water partition coefficient (Wildman–Crippen LogP) is 0.435. The zero-order valence-corrected chi connectivity index (χ0v) is 11.8. The monoisotopic (exact) mass is 282 g/mol. The van der Waals surface area contributed by atoms with E-state index in [1.807, 2.05) is 6.92 Å². The van der Waals surface area contributed by atoms with Crippen molar-refractivity contribution >= 4 is 5.91 Å². The fraction of sp³-hybridized carbons (Fsp3) is 0.643. The first-order chi connectivity index (χ1) is 9.70. The Morgan fingerprint density at radius 2 is 2.20 bits per heavy atom. The Balaban J connectivity index is 1.73. The van der Waals surface area contributed by atoms with E-state index in [2.05, 4.69) is 4.90 Å². The predicted molar refractivity (Wildman–Crippen MR) is 73.6 cm³/mol. The number of furan rings is 1. The van der Waals surface area contributed by atoms with Crippen molar-refractivity contribution in [1.29, 1.82) is 0 Å². The average Bonchev–Trinajstić information content (AvgIpc) is 2.99. The van der Waals surface area contributed by atoms with Crippen molar-refractivity contribution in [2.75, 3.05) is 45.9 Å². The molecule has 1 aromatic heterocycles. The van der Waals surface area contributed by atoms with Crippen molar-refractivity contribution in [1.82, 2.24) is 9.80 Å². The summed E-state index contributed by atoms with van der Waals surface area (Å²) in [4.78, 5) is 16.0. The molecule has 1 saturated heterocycles. The molecule has 1 fully saturated rings. The normalized spacial score (nSPS) is 18.2. The van der Waals surface area contributed by atoms with Gasteiger partial charge in [0.1, 0.15) is 0 Å². The lowest BCUT2D eigenvalue weighted by Crippen LogP contribution is -2.50. The van der Waals surface area contributed by atoms with Crippen molar-refractivity contribution in [2.24, 2.45) is 0 Å². The first-order valence-corrected chi connectivity index (χ1v) is 7.01. The maximum atomic E-state index is 12.1. The highest BCUT2D eigenvalue weighted by Gasteiger charge is 2.24. The molecule has 20 heavy (non-hydrogen) atoms. The van der Waals surface area contributed by atoms with Crippen LogP contribution in [0.1, 0.15) is 17.5 Å². The van der Waals surface area contributed by atoms with E-state index >= 15 is 0 Å². The Morgan fingerprint density at radius 1 is 1.45 bits per heavy atom. The smallest absolute Gasteiger partial charge is 0.289 e. The Morgan fingerprint density at radius 3 is 2.80 bits per heavy atom. The zero-order valence-electron chi connectivity index (χ0n) is 11.8. The molecule has 2 heterocycles. The number of hydrogen-bond acceptors (Lipinski definition) is 5. The molecule has 1 aromatic rings. The molecular formula is C14H22N2O4. The van der Waals surface area contributed by atoms with Gasteiger partial charge >= 0.3 is 0 Å². The number of rotatable bonds is 6. The highest BCUT2D eigenvalue weighted by atomic mass is 16.5. The number of β-amino-alcohol motifs (C(OH)–C–C–N with tert-alkyl or cyclic N) is 1. The van der Waals surface area contributed by atoms with Crippen LogP contribution in [0.2, 0.25) is 0 Å². The molecule has 2 rings (SSSR count). The highest BCUT2D eigenvalue weighted by Crippen LogP contribution is 2.09. The quantitative estimate of drug-likeness (QED) is 0.820.